The predicted molar refractivity (Wildman–Crippen MR) is 87.8 cm³/mol. The van der Waals surface area contributed by atoms with Gasteiger partial charge in [0.2, 0.25) is 5.89 Å². The third kappa shape index (κ3) is 4.23. The molecule has 0 radical (unpaired) electrons. The van der Waals surface area contributed by atoms with Crippen LogP contribution in [0.4, 0.5) is 5.69 Å². The summed E-state index contributed by atoms with van der Waals surface area (Å²) in [4.78, 5) is 10.4. The van der Waals surface area contributed by atoms with Crippen molar-refractivity contribution >= 4 is 29.1 Å². The molecule has 23 heavy (non-hydrogen) atoms. The van der Waals surface area contributed by atoms with E-state index in [9.17, 15) is 10.1 Å². The number of aromatic nitrogens is 2. The van der Waals surface area contributed by atoms with Crippen molar-refractivity contribution in [2.45, 2.75) is 49.0 Å². The summed E-state index contributed by atoms with van der Waals surface area (Å²) in [6.45, 7) is 0. The van der Waals surface area contributed by atoms with Gasteiger partial charge in [-0.1, -0.05) is 42.6 Å². The first-order valence-corrected chi connectivity index (χ1v) is 8.88. The van der Waals surface area contributed by atoms with Gasteiger partial charge in [-0.3, -0.25) is 10.1 Å². The molecule has 1 aromatic heterocycles. The quantitative estimate of drug-likeness (QED) is 0.428. The number of non-ortho nitro benzene ring substituents is 1. The first-order chi connectivity index (χ1) is 11.1. The van der Waals surface area contributed by atoms with E-state index in [-0.39, 0.29) is 5.69 Å². The molecule has 2 aromatic rings. The molecule has 0 saturated heterocycles. The molecular weight excluding hydrogens is 338 g/mol. The Morgan fingerprint density at radius 2 is 2.04 bits per heavy atom. The topological polar surface area (TPSA) is 82.1 Å². The summed E-state index contributed by atoms with van der Waals surface area (Å²) >= 11 is 7.28. The summed E-state index contributed by atoms with van der Waals surface area (Å²) in [5.41, 5.74) is 0.744. The Kier molecular flexibility index (Phi) is 5.17. The molecule has 8 heteroatoms. The van der Waals surface area contributed by atoms with E-state index in [2.05, 4.69) is 10.2 Å². The minimum absolute atomic E-state index is 0.0125. The minimum Gasteiger partial charge on any atom is -0.416 e. The van der Waals surface area contributed by atoms with Crippen molar-refractivity contribution in [3.8, 4) is 0 Å². The molecule has 0 bridgehead atoms. The summed E-state index contributed by atoms with van der Waals surface area (Å²) in [6.07, 6.45) is 5.91. The molecule has 0 amide bonds. The summed E-state index contributed by atoms with van der Waals surface area (Å²) < 4.78 is 5.73. The fraction of sp³-hybridized carbons (Fsp3) is 0.467. The van der Waals surface area contributed by atoms with Crippen LogP contribution in [-0.2, 0) is 5.75 Å². The van der Waals surface area contributed by atoms with Gasteiger partial charge in [-0.05, 0) is 24.5 Å². The zero-order chi connectivity index (χ0) is 16.2. The second-order valence-corrected chi connectivity index (χ2v) is 6.97. The Morgan fingerprint density at radius 1 is 1.26 bits per heavy atom. The Hall–Kier alpha value is -1.60. The Bertz CT molecular complexity index is 701. The van der Waals surface area contributed by atoms with Crippen LogP contribution in [0.1, 0.15) is 49.5 Å². The molecule has 1 aliphatic carbocycles. The second kappa shape index (κ2) is 7.31. The molecule has 1 heterocycles. The molecule has 0 unspecified atom stereocenters. The van der Waals surface area contributed by atoms with E-state index < -0.39 is 4.92 Å². The van der Waals surface area contributed by atoms with Gasteiger partial charge in [0.25, 0.3) is 10.9 Å². The Labute approximate surface area is 142 Å². The Balaban J connectivity index is 1.64. The van der Waals surface area contributed by atoms with Gasteiger partial charge >= 0.3 is 0 Å². The van der Waals surface area contributed by atoms with Gasteiger partial charge in [-0.2, -0.15) is 0 Å². The lowest BCUT2D eigenvalue weighted by Crippen LogP contribution is -2.04. The normalized spacial score (nSPS) is 15.7. The highest BCUT2D eigenvalue weighted by Crippen LogP contribution is 2.33. The van der Waals surface area contributed by atoms with Crippen LogP contribution in [0, 0.1) is 10.1 Å². The van der Waals surface area contributed by atoms with Crippen LogP contribution >= 0.6 is 23.4 Å². The van der Waals surface area contributed by atoms with Gasteiger partial charge in [0, 0.05) is 28.8 Å². The highest BCUT2D eigenvalue weighted by molar-refractivity contribution is 7.98. The van der Waals surface area contributed by atoms with Crippen LogP contribution < -0.4 is 0 Å². The lowest BCUT2D eigenvalue weighted by Gasteiger charge is -2.17. The van der Waals surface area contributed by atoms with Crippen LogP contribution in [0.2, 0.25) is 5.02 Å². The van der Waals surface area contributed by atoms with Crippen LogP contribution in [0.15, 0.2) is 27.8 Å². The van der Waals surface area contributed by atoms with Crippen LogP contribution in [0.5, 0.6) is 0 Å². The molecule has 0 atom stereocenters. The maximum atomic E-state index is 10.9. The van der Waals surface area contributed by atoms with Gasteiger partial charge in [-0.25, -0.2) is 0 Å². The minimum atomic E-state index is -0.450. The lowest BCUT2D eigenvalue weighted by atomic mass is 9.89. The van der Waals surface area contributed by atoms with E-state index >= 15 is 0 Å². The van der Waals surface area contributed by atoms with Crippen molar-refractivity contribution in [2.75, 3.05) is 0 Å². The highest BCUT2D eigenvalue weighted by Gasteiger charge is 2.21. The number of nitro benzene ring substituents is 1. The smallest absolute Gasteiger partial charge is 0.276 e. The van der Waals surface area contributed by atoms with Crippen molar-refractivity contribution in [3.63, 3.8) is 0 Å². The molecule has 122 valence electrons. The summed E-state index contributed by atoms with van der Waals surface area (Å²) in [6, 6.07) is 4.56. The highest BCUT2D eigenvalue weighted by atomic mass is 35.5. The number of thioether (sulfide) groups is 1. The van der Waals surface area contributed by atoms with E-state index in [4.69, 9.17) is 16.0 Å². The first kappa shape index (κ1) is 16.3. The number of hydrogen-bond acceptors (Lipinski definition) is 6. The molecule has 1 fully saturated rings. The number of nitrogens with zero attached hydrogens (tertiary/aromatic N) is 3. The van der Waals surface area contributed by atoms with Gasteiger partial charge in [-0.15, -0.1) is 10.2 Å². The van der Waals surface area contributed by atoms with Crippen LogP contribution in [0.25, 0.3) is 0 Å². The van der Waals surface area contributed by atoms with E-state index in [0.29, 0.717) is 27.8 Å². The molecule has 0 aliphatic heterocycles. The SMILES string of the molecule is O=[N+]([O-])c1cc(Cl)cc(CSc2nnc(C3CCCCC3)o2)c1. The first-order valence-electron chi connectivity index (χ1n) is 7.52. The summed E-state index contributed by atoms with van der Waals surface area (Å²) in [5.74, 6) is 1.58. The predicted octanol–water partition coefficient (Wildman–Crippen LogP) is 4.97. The molecule has 1 aromatic carbocycles. The van der Waals surface area contributed by atoms with Gasteiger partial charge in [0.15, 0.2) is 0 Å². The number of benzene rings is 1. The molecule has 3 rings (SSSR count). The van der Waals surface area contributed by atoms with E-state index in [1.54, 1.807) is 6.07 Å². The molecule has 0 N–H and O–H groups in total. The molecule has 0 spiro atoms. The number of halogens is 1. The Morgan fingerprint density at radius 3 is 2.78 bits per heavy atom. The van der Waals surface area contributed by atoms with E-state index in [1.807, 2.05) is 0 Å². The van der Waals surface area contributed by atoms with Gasteiger partial charge in [0.05, 0.1) is 4.92 Å². The van der Waals surface area contributed by atoms with Gasteiger partial charge in [0.1, 0.15) is 0 Å². The van der Waals surface area contributed by atoms with Crippen molar-refractivity contribution in [2.24, 2.45) is 0 Å². The van der Waals surface area contributed by atoms with E-state index in [1.165, 1.54) is 43.2 Å². The maximum absolute atomic E-state index is 10.9. The number of hydrogen-bond donors (Lipinski definition) is 0. The van der Waals surface area contributed by atoms with Gasteiger partial charge < -0.3 is 4.42 Å². The fourth-order valence-electron chi connectivity index (χ4n) is 2.76. The van der Waals surface area contributed by atoms with Crippen molar-refractivity contribution < 1.29 is 9.34 Å². The average molecular weight is 354 g/mol. The van der Waals surface area contributed by atoms with Crippen molar-refractivity contribution in [3.05, 3.63) is 44.8 Å². The standard InChI is InChI=1S/C15H16ClN3O3S/c16-12-6-10(7-13(8-12)19(20)21)9-23-15-18-17-14(22-15)11-4-2-1-3-5-11/h6-8,11H,1-5,9H2. The van der Waals surface area contributed by atoms with Crippen LogP contribution in [-0.4, -0.2) is 15.1 Å². The maximum Gasteiger partial charge on any atom is 0.276 e. The molecule has 6 nitrogen and oxygen atoms in total. The fourth-order valence-corrected chi connectivity index (χ4v) is 3.71. The van der Waals surface area contributed by atoms with Crippen molar-refractivity contribution in [1.82, 2.24) is 10.2 Å². The third-order valence-corrected chi connectivity index (χ3v) is 5.00. The zero-order valence-corrected chi connectivity index (χ0v) is 14.0. The molecule has 1 saturated carbocycles. The largest absolute Gasteiger partial charge is 0.416 e. The third-order valence-electron chi connectivity index (χ3n) is 3.89. The summed E-state index contributed by atoms with van der Waals surface area (Å²) in [7, 11) is 0. The lowest BCUT2D eigenvalue weighted by molar-refractivity contribution is -0.384. The van der Waals surface area contributed by atoms with Crippen LogP contribution in [0.3, 0.4) is 0 Å². The number of nitro groups is 1. The number of rotatable bonds is 5. The zero-order valence-electron chi connectivity index (χ0n) is 12.4. The average Bonchev–Trinajstić information content (AvgIpc) is 3.02. The van der Waals surface area contributed by atoms with E-state index in [0.717, 1.165) is 18.4 Å². The molecular formula is C15H16ClN3O3S. The second-order valence-electron chi connectivity index (χ2n) is 5.60. The van der Waals surface area contributed by atoms with Crippen molar-refractivity contribution in [1.29, 1.82) is 0 Å². The molecule has 1 aliphatic rings. The summed E-state index contributed by atoms with van der Waals surface area (Å²) in [5, 5.41) is 19.9. The monoisotopic (exact) mass is 353 g/mol.